The second kappa shape index (κ2) is 6.52. The smallest absolute Gasteiger partial charge is 0.251 e. The molecule has 2 N–H and O–H groups in total. The molecule has 2 rings (SSSR count). The van der Waals surface area contributed by atoms with Gasteiger partial charge in [0.2, 0.25) is 0 Å². The van der Waals surface area contributed by atoms with E-state index in [2.05, 4.69) is 21.2 Å². The zero-order valence-electron chi connectivity index (χ0n) is 10.6. The third-order valence-corrected chi connectivity index (χ3v) is 3.49. The summed E-state index contributed by atoms with van der Waals surface area (Å²) in [6.45, 7) is 0.446. The lowest BCUT2D eigenvalue weighted by Gasteiger charge is -2.06. The summed E-state index contributed by atoms with van der Waals surface area (Å²) in [5.41, 5.74) is 1.34. The third kappa shape index (κ3) is 3.81. The maximum absolute atomic E-state index is 12.7. The molecular formula is C15H13BrFNO2. The van der Waals surface area contributed by atoms with E-state index in [1.165, 1.54) is 18.2 Å². The van der Waals surface area contributed by atoms with Gasteiger partial charge in [-0.2, -0.15) is 0 Å². The number of rotatable bonds is 4. The van der Waals surface area contributed by atoms with Crippen molar-refractivity contribution in [1.29, 1.82) is 0 Å². The van der Waals surface area contributed by atoms with E-state index >= 15 is 0 Å². The summed E-state index contributed by atoms with van der Waals surface area (Å²) in [5.74, 6) is -0.505. The van der Waals surface area contributed by atoms with Crippen molar-refractivity contribution >= 4 is 21.8 Å². The fraction of sp³-hybridized carbons (Fsp3) is 0.133. The van der Waals surface area contributed by atoms with Crippen LogP contribution in [0.5, 0.6) is 5.75 Å². The second-order valence-corrected chi connectivity index (χ2v) is 5.15. The first-order valence-corrected chi connectivity index (χ1v) is 6.87. The standard InChI is InChI=1S/C15H13BrFNO2/c16-13-6-3-11(9-14(13)19)15(20)18-8-7-10-1-4-12(17)5-2-10/h1-6,9,19H,7-8H2,(H,18,20). The van der Waals surface area contributed by atoms with E-state index in [0.29, 0.717) is 23.0 Å². The van der Waals surface area contributed by atoms with E-state index in [9.17, 15) is 14.3 Å². The molecule has 0 heterocycles. The van der Waals surface area contributed by atoms with Gasteiger partial charge >= 0.3 is 0 Å². The van der Waals surface area contributed by atoms with Crippen LogP contribution >= 0.6 is 15.9 Å². The van der Waals surface area contributed by atoms with E-state index in [1.807, 2.05) is 0 Å². The summed E-state index contributed by atoms with van der Waals surface area (Å²) in [5, 5.41) is 12.3. The molecule has 0 aliphatic rings. The van der Waals surface area contributed by atoms with Crippen molar-refractivity contribution in [3.63, 3.8) is 0 Å². The van der Waals surface area contributed by atoms with Gasteiger partial charge in [0.25, 0.3) is 5.91 Å². The van der Waals surface area contributed by atoms with Crippen molar-refractivity contribution in [2.75, 3.05) is 6.54 Å². The summed E-state index contributed by atoms with van der Waals surface area (Å²) in [6.07, 6.45) is 0.620. The van der Waals surface area contributed by atoms with Crippen molar-refractivity contribution in [1.82, 2.24) is 5.32 Å². The molecule has 3 nitrogen and oxygen atoms in total. The van der Waals surface area contributed by atoms with E-state index in [1.54, 1.807) is 24.3 Å². The van der Waals surface area contributed by atoms with Crippen LogP contribution in [0.3, 0.4) is 0 Å². The minimum atomic E-state index is -0.275. The summed E-state index contributed by atoms with van der Waals surface area (Å²) in [6, 6.07) is 10.8. The minimum Gasteiger partial charge on any atom is -0.507 e. The molecule has 0 saturated heterocycles. The summed E-state index contributed by atoms with van der Waals surface area (Å²) in [7, 11) is 0. The molecule has 5 heteroatoms. The number of carbonyl (C=O) groups excluding carboxylic acids is 1. The first-order chi connectivity index (χ1) is 9.56. The van der Waals surface area contributed by atoms with Gasteiger partial charge in [0, 0.05) is 12.1 Å². The minimum absolute atomic E-state index is 0.0242. The molecule has 0 radical (unpaired) electrons. The third-order valence-electron chi connectivity index (χ3n) is 2.82. The Morgan fingerprint density at radius 3 is 2.55 bits per heavy atom. The lowest BCUT2D eigenvalue weighted by molar-refractivity contribution is 0.0953. The van der Waals surface area contributed by atoms with Gasteiger partial charge in [0.1, 0.15) is 11.6 Å². The molecule has 0 bridgehead atoms. The highest BCUT2D eigenvalue weighted by Gasteiger charge is 2.07. The number of halogens is 2. The van der Waals surface area contributed by atoms with E-state index < -0.39 is 0 Å². The Balaban J connectivity index is 1.88. The normalized spacial score (nSPS) is 10.3. The van der Waals surface area contributed by atoms with Crippen LogP contribution in [0.1, 0.15) is 15.9 Å². The number of phenols is 1. The Labute approximate surface area is 124 Å². The van der Waals surface area contributed by atoms with Crippen LogP contribution in [0, 0.1) is 5.82 Å². The van der Waals surface area contributed by atoms with Crippen LogP contribution in [0.25, 0.3) is 0 Å². The number of hydrogen-bond acceptors (Lipinski definition) is 2. The molecule has 0 aliphatic heterocycles. The summed E-state index contributed by atoms with van der Waals surface area (Å²) >= 11 is 3.16. The number of amides is 1. The molecule has 0 aromatic heterocycles. The van der Waals surface area contributed by atoms with Crippen molar-refractivity contribution in [2.24, 2.45) is 0 Å². The molecule has 104 valence electrons. The zero-order chi connectivity index (χ0) is 14.5. The average Bonchev–Trinajstić information content (AvgIpc) is 2.44. The molecule has 0 atom stereocenters. The Kier molecular flexibility index (Phi) is 4.74. The van der Waals surface area contributed by atoms with Gasteiger partial charge in [-0.05, 0) is 58.2 Å². The number of benzene rings is 2. The topological polar surface area (TPSA) is 49.3 Å². The Hall–Kier alpha value is -1.88. The number of nitrogens with one attached hydrogen (secondary N) is 1. The van der Waals surface area contributed by atoms with Gasteiger partial charge in [0.15, 0.2) is 0 Å². The Bertz CT molecular complexity index is 614. The van der Waals surface area contributed by atoms with Gasteiger partial charge in [0.05, 0.1) is 4.47 Å². The Morgan fingerprint density at radius 2 is 1.90 bits per heavy atom. The second-order valence-electron chi connectivity index (χ2n) is 4.30. The highest BCUT2D eigenvalue weighted by Crippen LogP contribution is 2.24. The number of carbonyl (C=O) groups is 1. The van der Waals surface area contributed by atoms with Crippen LogP contribution in [0.15, 0.2) is 46.9 Å². The molecule has 0 fully saturated rings. The van der Waals surface area contributed by atoms with Gasteiger partial charge < -0.3 is 10.4 Å². The number of hydrogen-bond donors (Lipinski definition) is 2. The lowest BCUT2D eigenvalue weighted by Crippen LogP contribution is -2.25. The average molecular weight is 338 g/mol. The predicted molar refractivity (Wildman–Crippen MR) is 78.2 cm³/mol. The molecule has 2 aromatic rings. The van der Waals surface area contributed by atoms with Crippen LogP contribution in [-0.4, -0.2) is 17.6 Å². The SMILES string of the molecule is O=C(NCCc1ccc(F)cc1)c1ccc(Br)c(O)c1. The van der Waals surface area contributed by atoms with Crippen molar-refractivity contribution in [3.05, 3.63) is 63.9 Å². The number of aromatic hydroxyl groups is 1. The molecule has 2 aromatic carbocycles. The predicted octanol–water partition coefficient (Wildman–Crippen LogP) is 3.27. The molecule has 0 unspecified atom stereocenters. The number of phenolic OH excluding ortho intramolecular Hbond substituents is 1. The molecular weight excluding hydrogens is 325 g/mol. The van der Waals surface area contributed by atoms with Gasteiger partial charge in [-0.15, -0.1) is 0 Å². The lowest BCUT2D eigenvalue weighted by atomic mass is 10.1. The van der Waals surface area contributed by atoms with Crippen LogP contribution in [0.4, 0.5) is 4.39 Å². The van der Waals surface area contributed by atoms with Crippen molar-refractivity contribution < 1.29 is 14.3 Å². The van der Waals surface area contributed by atoms with E-state index in [-0.39, 0.29) is 17.5 Å². The summed E-state index contributed by atoms with van der Waals surface area (Å²) < 4.78 is 13.3. The van der Waals surface area contributed by atoms with Crippen molar-refractivity contribution in [3.8, 4) is 5.75 Å². The van der Waals surface area contributed by atoms with Crippen molar-refractivity contribution in [2.45, 2.75) is 6.42 Å². The highest BCUT2D eigenvalue weighted by molar-refractivity contribution is 9.10. The molecule has 0 saturated carbocycles. The first kappa shape index (κ1) is 14.5. The molecule has 0 spiro atoms. The fourth-order valence-corrected chi connectivity index (χ4v) is 1.97. The first-order valence-electron chi connectivity index (χ1n) is 6.07. The maximum Gasteiger partial charge on any atom is 0.251 e. The summed E-state index contributed by atoms with van der Waals surface area (Å²) in [4.78, 5) is 11.9. The monoisotopic (exact) mass is 337 g/mol. The largest absolute Gasteiger partial charge is 0.507 e. The van der Waals surface area contributed by atoms with E-state index in [0.717, 1.165) is 5.56 Å². The van der Waals surface area contributed by atoms with E-state index in [4.69, 9.17) is 0 Å². The zero-order valence-corrected chi connectivity index (χ0v) is 12.2. The van der Waals surface area contributed by atoms with Gasteiger partial charge in [-0.3, -0.25) is 4.79 Å². The Morgan fingerprint density at radius 1 is 1.20 bits per heavy atom. The van der Waals surface area contributed by atoms with Gasteiger partial charge in [-0.1, -0.05) is 12.1 Å². The highest BCUT2D eigenvalue weighted by atomic mass is 79.9. The van der Waals surface area contributed by atoms with Crippen LogP contribution in [0.2, 0.25) is 0 Å². The van der Waals surface area contributed by atoms with Crippen LogP contribution < -0.4 is 5.32 Å². The maximum atomic E-state index is 12.7. The van der Waals surface area contributed by atoms with Crippen LogP contribution in [-0.2, 0) is 6.42 Å². The van der Waals surface area contributed by atoms with Gasteiger partial charge in [-0.25, -0.2) is 4.39 Å². The quantitative estimate of drug-likeness (QED) is 0.899. The molecule has 1 amide bonds. The fourth-order valence-electron chi connectivity index (χ4n) is 1.73. The molecule has 20 heavy (non-hydrogen) atoms. The molecule has 0 aliphatic carbocycles.